The van der Waals surface area contributed by atoms with E-state index in [0.29, 0.717) is 18.8 Å². The summed E-state index contributed by atoms with van der Waals surface area (Å²) < 4.78 is 26.8. The molecular formula is C22H30N4O4S. The minimum absolute atomic E-state index is 0.0499. The molecule has 0 spiro atoms. The van der Waals surface area contributed by atoms with E-state index >= 15 is 0 Å². The van der Waals surface area contributed by atoms with E-state index in [1.165, 1.54) is 28.1 Å². The Morgan fingerprint density at radius 1 is 1.10 bits per heavy atom. The topological polar surface area (TPSA) is 95.8 Å². The predicted octanol–water partition coefficient (Wildman–Crippen LogP) is 3.70. The molecule has 8 nitrogen and oxygen atoms in total. The van der Waals surface area contributed by atoms with Crippen molar-refractivity contribution in [3.63, 3.8) is 0 Å². The van der Waals surface area contributed by atoms with Gasteiger partial charge in [0, 0.05) is 44.8 Å². The predicted molar refractivity (Wildman–Crippen MR) is 122 cm³/mol. The van der Waals surface area contributed by atoms with Crippen molar-refractivity contribution >= 4 is 21.4 Å². The zero-order valence-electron chi connectivity index (χ0n) is 18.0. The van der Waals surface area contributed by atoms with Gasteiger partial charge in [0.05, 0.1) is 9.82 Å². The summed E-state index contributed by atoms with van der Waals surface area (Å²) in [6, 6.07) is 14.5. The van der Waals surface area contributed by atoms with Gasteiger partial charge in [0.25, 0.3) is 5.69 Å². The molecule has 1 aliphatic rings. The molecule has 31 heavy (non-hydrogen) atoms. The van der Waals surface area contributed by atoms with Crippen LogP contribution in [-0.2, 0) is 16.6 Å². The minimum Gasteiger partial charge on any atom is -0.377 e. The normalized spacial score (nSPS) is 15.8. The van der Waals surface area contributed by atoms with Crippen LogP contribution in [0.2, 0.25) is 0 Å². The standard InChI is InChI=1S/C22H30N4O4S/c1-3-25(4-2)31(29,30)20-10-11-21(22(16-20)26(27)28)23-19-12-14-24(15-13-19)17-18-8-6-5-7-9-18/h5-11,16,19,23H,3-4,12-15,17H2,1-2H3. The molecule has 0 amide bonds. The molecule has 1 heterocycles. The highest BCUT2D eigenvalue weighted by atomic mass is 32.2. The Balaban J connectivity index is 1.69. The number of nitrogens with zero attached hydrogens (tertiary/aromatic N) is 3. The second-order valence-corrected chi connectivity index (χ2v) is 9.64. The summed E-state index contributed by atoms with van der Waals surface area (Å²) in [7, 11) is -3.75. The Bertz CT molecular complexity index is 986. The van der Waals surface area contributed by atoms with E-state index in [9.17, 15) is 18.5 Å². The smallest absolute Gasteiger partial charge is 0.293 e. The number of sulfonamides is 1. The lowest BCUT2D eigenvalue weighted by Gasteiger charge is -2.32. The van der Waals surface area contributed by atoms with Crippen molar-refractivity contribution in [2.45, 2.75) is 44.2 Å². The van der Waals surface area contributed by atoms with Crippen LogP contribution in [0.15, 0.2) is 53.4 Å². The van der Waals surface area contributed by atoms with Crippen molar-refractivity contribution in [1.29, 1.82) is 0 Å². The lowest BCUT2D eigenvalue weighted by atomic mass is 10.0. The van der Waals surface area contributed by atoms with Crippen LogP contribution in [-0.4, -0.2) is 54.8 Å². The highest BCUT2D eigenvalue weighted by Crippen LogP contribution is 2.30. The molecule has 0 unspecified atom stereocenters. The molecule has 1 fully saturated rings. The quantitative estimate of drug-likeness (QED) is 0.466. The van der Waals surface area contributed by atoms with Crippen molar-refractivity contribution in [2.24, 2.45) is 0 Å². The number of hydrogen-bond donors (Lipinski definition) is 1. The Morgan fingerprint density at radius 3 is 2.32 bits per heavy atom. The van der Waals surface area contributed by atoms with Gasteiger partial charge in [-0.25, -0.2) is 8.42 Å². The minimum atomic E-state index is -3.75. The number of nitro benzene ring substituents is 1. The van der Waals surface area contributed by atoms with Crippen molar-refractivity contribution in [1.82, 2.24) is 9.21 Å². The van der Waals surface area contributed by atoms with Crippen molar-refractivity contribution < 1.29 is 13.3 Å². The third-order valence-electron chi connectivity index (χ3n) is 5.71. The summed E-state index contributed by atoms with van der Waals surface area (Å²) in [6.07, 6.45) is 1.73. The van der Waals surface area contributed by atoms with E-state index in [1.807, 2.05) is 18.2 Å². The Kier molecular flexibility index (Phi) is 7.64. The van der Waals surface area contributed by atoms with Crippen LogP contribution < -0.4 is 5.32 Å². The highest BCUT2D eigenvalue weighted by molar-refractivity contribution is 7.89. The van der Waals surface area contributed by atoms with Gasteiger partial charge in [0.1, 0.15) is 5.69 Å². The van der Waals surface area contributed by atoms with E-state index in [-0.39, 0.29) is 16.6 Å². The molecule has 0 aliphatic carbocycles. The summed E-state index contributed by atoms with van der Waals surface area (Å²) in [4.78, 5) is 13.5. The summed E-state index contributed by atoms with van der Waals surface area (Å²) in [5.41, 5.74) is 1.43. The summed E-state index contributed by atoms with van der Waals surface area (Å²) >= 11 is 0. The first-order chi connectivity index (χ1) is 14.8. The Morgan fingerprint density at radius 2 is 1.74 bits per heavy atom. The van der Waals surface area contributed by atoms with Gasteiger partial charge in [0.2, 0.25) is 10.0 Å². The zero-order valence-corrected chi connectivity index (χ0v) is 18.8. The molecule has 0 aromatic heterocycles. The second-order valence-electron chi connectivity index (χ2n) is 7.71. The molecule has 0 radical (unpaired) electrons. The van der Waals surface area contributed by atoms with Crippen LogP contribution in [0.3, 0.4) is 0 Å². The number of benzene rings is 2. The Labute approximate surface area is 184 Å². The average Bonchev–Trinajstić information content (AvgIpc) is 2.76. The van der Waals surface area contributed by atoms with E-state index < -0.39 is 14.9 Å². The molecular weight excluding hydrogens is 416 g/mol. The largest absolute Gasteiger partial charge is 0.377 e. The molecule has 0 bridgehead atoms. The fourth-order valence-electron chi connectivity index (χ4n) is 3.95. The zero-order chi connectivity index (χ0) is 22.4. The van der Waals surface area contributed by atoms with Gasteiger partial charge in [-0.15, -0.1) is 0 Å². The van der Waals surface area contributed by atoms with Crippen LogP contribution >= 0.6 is 0 Å². The molecule has 9 heteroatoms. The lowest BCUT2D eigenvalue weighted by Crippen LogP contribution is -2.38. The van der Waals surface area contributed by atoms with E-state index in [2.05, 4.69) is 22.3 Å². The fraction of sp³-hybridized carbons (Fsp3) is 0.455. The maximum absolute atomic E-state index is 12.7. The number of anilines is 1. The SMILES string of the molecule is CCN(CC)S(=O)(=O)c1ccc(NC2CCN(Cc3ccccc3)CC2)c([N+](=O)[O-])c1. The first-order valence-electron chi connectivity index (χ1n) is 10.7. The van der Waals surface area contributed by atoms with Gasteiger partial charge in [-0.05, 0) is 30.5 Å². The van der Waals surface area contributed by atoms with E-state index in [4.69, 9.17) is 0 Å². The number of likely N-dealkylation sites (tertiary alicyclic amines) is 1. The molecule has 3 rings (SSSR count). The lowest BCUT2D eigenvalue weighted by molar-refractivity contribution is -0.384. The van der Waals surface area contributed by atoms with Gasteiger partial charge in [-0.1, -0.05) is 44.2 Å². The van der Waals surface area contributed by atoms with Crippen LogP contribution in [0.4, 0.5) is 11.4 Å². The maximum Gasteiger partial charge on any atom is 0.293 e. The van der Waals surface area contributed by atoms with E-state index in [1.54, 1.807) is 13.8 Å². The molecule has 1 aliphatic heterocycles. The summed E-state index contributed by atoms with van der Waals surface area (Å²) in [6.45, 7) is 6.81. The number of hydrogen-bond acceptors (Lipinski definition) is 6. The van der Waals surface area contributed by atoms with Gasteiger partial charge in [0.15, 0.2) is 0 Å². The molecule has 2 aromatic carbocycles. The van der Waals surface area contributed by atoms with Crippen LogP contribution in [0.5, 0.6) is 0 Å². The highest BCUT2D eigenvalue weighted by Gasteiger charge is 2.27. The van der Waals surface area contributed by atoms with Crippen molar-refractivity contribution in [3.05, 3.63) is 64.2 Å². The monoisotopic (exact) mass is 446 g/mol. The van der Waals surface area contributed by atoms with Crippen LogP contribution in [0, 0.1) is 10.1 Å². The first kappa shape index (κ1) is 23.2. The molecule has 168 valence electrons. The number of piperidine rings is 1. The average molecular weight is 447 g/mol. The third-order valence-corrected chi connectivity index (χ3v) is 7.75. The van der Waals surface area contributed by atoms with Gasteiger partial charge >= 0.3 is 0 Å². The van der Waals surface area contributed by atoms with Gasteiger partial charge in [-0.3, -0.25) is 15.0 Å². The van der Waals surface area contributed by atoms with Crippen LogP contribution in [0.25, 0.3) is 0 Å². The third kappa shape index (κ3) is 5.61. The summed E-state index contributed by atoms with van der Waals surface area (Å²) in [5.74, 6) is 0. The second kappa shape index (κ2) is 10.2. The molecule has 0 atom stereocenters. The van der Waals surface area contributed by atoms with E-state index in [0.717, 1.165) is 32.5 Å². The Hall–Kier alpha value is -2.49. The number of rotatable bonds is 9. The van der Waals surface area contributed by atoms with Gasteiger partial charge < -0.3 is 5.32 Å². The number of nitro groups is 1. The van der Waals surface area contributed by atoms with Crippen LogP contribution in [0.1, 0.15) is 32.3 Å². The number of nitrogens with one attached hydrogen (secondary N) is 1. The molecule has 0 saturated carbocycles. The van der Waals surface area contributed by atoms with Crippen molar-refractivity contribution in [2.75, 3.05) is 31.5 Å². The van der Waals surface area contributed by atoms with Crippen molar-refractivity contribution in [3.8, 4) is 0 Å². The first-order valence-corrected chi connectivity index (χ1v) is 12.1. The fourth-order valence-corrected chi connectivity index (χ4v) is 5.43. The van der Waals surface area contributed by atoms with Gasteiger partial charge in [-0.2, -0.15) is 4.31 Å². The molecule has 2 aromatic rings. The maximum atomic E-state index is 12.7. The molecule has 1 saturated heterocycles. The summed E-state index contributed by atoms with van der Waals surface area (Å²) in [5, 5.41) is 14.9. The molecule has 1 N–H and O–H groups in total.